The molecule has 0 fully saturated rings. The van der Waals surface area contributed by atoms with E-state index in [2.05, 4.69) is 20.8 Å². The third-order valence-electron chi connectivity index (χ3n) is 3.55. The molecule has 0 unspecified atom stereocenters. The first-order valence-electron chi connectivity index (χ1n) is 7.30. The zero-order chi connectivity index (χ0) is 16.1. The molecular weight excluding hydrogens is 280 g/mol. The second-order valence-corrected chi connectivity index (χ2v) is 5.42. The van der Waals surface area contributed by atoms with E-state index in [1.165, 1.54) is 6.20 Å². The lowest BCUT2D eigenvalue weighted by atomic mass is 9.99. The van der Waals surface area contributed by atoms with Crippen molar-refractivity contribution in [3.05, 3.63) is 46.8 Å². The predicted molar refractivity (Wildman–Crippen MR) is 84.9 cm³/mol. The molecule has 0 saturated carbocycles. The van der Waals surface area contributed by atoms with Crippen LogP contribution < -0.4 is 10.6 Å². The summed E-state index contributed by atoms with van der Waals surface area (Å²) in [6.07, 6.45) is 1.54. The SMILES string of the molecule is Cc1cc(C)c([C@@H](C)NCCNC(=O)c2ccn[nH]2)c(O)c1. The predicted octanol–water partition coefficient (Wildman–Crippen LogP) is 1.81. The summed E-state index contributed by atoms with van der Waals surface area (Å²) < 4.78 is 0. The zero-order valence-electron chi connectivity index (χ0n) is 13.1. The van der Waals surface area contributed by atoms with Crippen molar-refractivity contribution in [1.29, 1.82) is 0 Å². The van der Waals surface area contributed by atoms with Crippen molar-refractivity contribution in [2.45, 2.75) is 26.8 Å². The molecule has 1 aromatic heterocycles. The number of benzene rings is 1. The fourth-order valence-corrected chi connectivity index (χ4v) is 2.56. The van der Waals surface area contributed by atoms with Gasteiger partial charge in [0.15, 0.2) is 0 Å². The van der Waals surface area contributed by atoms with Crippen molar-refractivity contribution in [3.63, 3.8) is 0 Å². The Morgan fingerprint density at radius 1 is 1.36 bits per heavy atom. The quantitative estimate of drug-likeness (QED) is 0.613. The molecule has 4 N–H and O–H groups in total. The van der Waals surface area contributed by atoms with E-state index >= 15 is 0 Å². The van der Waals surface area contributed by atoms with Crippen LogP contribution in [0.3, 0.4) is 0 Å². The minimum atomic E-state index is -0.179. The number of aromatic nitrogens is 2. The van der Waals surface area contributed by atoms with E-state index in [0.717, 1.165) is 16.7 Å². The van der Waals surface area contributed by atoms with Crippen LogP contribution in [0.2, 0.25) is 0 Å². The van der Waals surface area contributed by atoms with Crippen LogP contribution in [-0.2, 0) is 0 Å². The van der Waals surface area contributed by atoms with Crippen LogP contribution in [0.5, 0.6) is 5.75 Å². The summed E-state index contributed by atoms with van der Waals surface area (Å²) in [6, 6.07) is 5.44. The van der Waals surface area contributed by atoms with Crippen LogP contribution in [0.25, 0.3) is 0 Å². The van der Waals surface area contributed by atoms with Crippen molar-refractivity contribution in [2.24, 2.45) is 0 Å². The Hall–Kier alpha value is -2.34. The highest BCUT2D eigenvalue weighted by molar-refractivity contribution is 5.92. The maximum atomic E-state index is 11.7. The van der Waals surface area contributed by atoms with E-state index in [9.17, 15) is 9.90 Å². The Kier molecular flexibility index (Phi) is 5.16. The Labute approximate surface area is 129 Å². The van der Waals surface area contributed by atoms with Crippen LogP contribution >= 0.6 is 0 Å². The first kappa shape index (κ1) is 16.0. The third-order valence-corrected chi connectivity index (χ3v) is 3.55. The van der Waals surface area contributed by atoms with E-state index in [1.807, 2.05) is 26.8 Å². The van der Waals surface area contributed by atoms with E-state index in [4.69, 9.17) is 0 Å². The van der Waals surface area contributed by atoms with Gasteiger partial charge in [-0.3, -0.25) is 9.89 Å². The van der Waals surface area contributed by atoms with Gasteiger partial charge in [0, 0.05) is 30.9 Å². The molecule has 0 aliphatic heterocycles. The fraction of sp³-hybridized carbons (Fsp3) is 0.375. The molecule has 6 nitrogen and oxygen atoms in total. The van der Waals surface area contributed by atoms with Gasteiger partial charge in [-0.1, -0.05) is 6.07 Å². The number of H-pyrrole nitrogens is 1. The zero-order valence-corrected chi connectivity index (χ0v) is 13.1. The molecule has 22 heavy (non-hydrogen) atoms. The second kappa shape index (κ2) is 7.09. The summed E-state index contributed by atoms with van der Waals surface area (Å²) in [5.41, 5.74) is 3.43. The number of nitrogens with one attached hydrogen (secondary N) is 3. The van der Waals surface area contributed by atoms with Crippen LogP contribution in [0.1, 0.15) is 40.1 Å². The maximum Gasteiger partial charge on any atom is 0.269 e. The second-order valence-electron chi connectivity index (χ2n) is 5.42. The summed E-state index contributed by atoms with van der Waals surface area (Å²) in [5.74, 6) is 0.125. The molecule has 6 heteroatoms. The van der Waals surface area contributed by atoms with Gasteiger partial charge in [0.25, 0.3) is 5.91 Å². The van der Waals surface area contributed by atoms with Gasteiger partial charge in [0.2, 0.25) is 0 Å². The van der Waals surface area contributed by atoms with E-state index in [-0.39, 0.29) is 11.9 Å². The number of amides is 1. The number of carbonyl (C=O) groups excluding carboxylic acids is 1. The van der Waals surface area contributed by atoms with Crippen molar-refractivity contribution in [2.75, 3.05) is 13.1 Å². The average Bonchev–Trinajstić information content (AvgIpc) is 2.96. The highest BCUT2D eigenvalue weighted by atomic mass is 16.3. The van der Waals surface area contributed by atoms with Crippen LogP contribution in [0.15, 0.2) is 24.4 Å². The number of aromatic hydroxyl groups is 1. The summed E-state index contributed by atoms with van der Waals surface area (Å²) in [4.78, 5) is 11.7. The average molecular weight is 302 g/mol. The lowest BCUT2D eigenvalue weighted by molar-refractivity contribution is 0.0948. The topological polar surface area (TPSA) is 90.0 Å². The van der Waals surface area contributed by atoms with Gasteiger partial charge >= 0.3 is 0 Å². The van der Waals surface area contributed by atoms with Crippen molar-refractivity contribution in [1.82, 2.24) is 20.8 Å². The Morgan fingerprint density at radius 2 is 2.14 bits per heavy atom. The minimum absolute atomic E-state index is 0.00431. The van der Waals surface area contributed by atoms with E-state index in [0.29, 0.717) is 24.5 Å². The molecule has 0 spiro atoms. The highest BCUT2D eigenvalue weighted by Gasteiger charge is 2.13. The summed E-state index contributed by atoms with van der Waals surface area (Å²) >= 11 is 0. The number of carbonyl (C=O) groups is 1. The molecule has 0 aliphatic rings. The van der Waals surface area contributed by atoms with Crippen LogP contribution in [0, 0.1) is 13.8 Å². The molecule has 2 rings (SSSR count). The van der Waals surface area contributed by atoms with Crippen molar-refractivity contribution in [3.8, 4) is 5.75 Å². The normalized spacial score (nSPS) is 12.1. The van der Waals surface area contributed by atoms with Gasteiger partial charge in [-0.2, -0.15) is 5.10 Å². The minimum Gasteiger partial charge on any atom is -0.508 e. The number of aromatic amines is 1. The lowest BCUT2D eigenvalue weighted by Crippen LogP contribution is -2.33. The van der Waals surface area contributed by atoms with Gasteiger partial charge in [-0.25, -0.2) is 0 Å². The molecule has 2 aromatic rings. The van der Waals surface area contributed by atoms with E-state index < -0.39 is 0 Å². The first-order valence-corrected chi connectivity index (χ1v) is 7.30. The Balaban J connectivity index is 1.83. The number of hydrogen-bond acceptors (Lipinski definition) is 4. The standard InChI is InChI=1S/C16H22N4O2/c1-10-8-11(2)15(14(21)9-10)12(3)17-6-7-18-16(22)13-4-5-19-20-13/h4-5,8-9,12,17,21H,6-7H2,1-3H3,(H,18,22)(H,19,20)/t12-/m1/s1. The number of aryl methyl sites for hydroxylation is 2. The lowest BCUT2D eigenvalue weighted by Gasteiger charge is -2.18. The molecule has 1 aromatic carbocycles. The summed E-state index contributed by atoms with van der Waals surface area (Å²) in [6.45, 7) is 7.04. The van der Waals surface area contributed by atoms with E-state index in [1.54, 1.807) is 12.1 Å². The number of hydrogen-bond donors (Lipinski definition) is 4. The largest absolute Gasteiger partial charge is 0.508 e. The molecule has 1 heterocycles. The molecule has 1 amide bonds. The van der Waals surface area contributed by atoms with Crippen LogP contribution in [-0.4, -0.2) is 34.3 Å². The summed E-state index contributed by atoms with van der Waals surface area (Å²) in [5, 5.41) is 22.5. The molecule has 0 bridgehead atoms. The number of nitrogens with zero attached hydrogens (tertiary/aromatic N) is 1. The molecule has 0 aliphatic carbocycles. The van der Waals surface area contributed by atoms with Crippen molar-refractivity contribution >= 4 is 5.91 Å². The smallest absolute Gasteiger partial charge is 0.269 e. The van der Waals surface area contributed by atoms with Gasteiger partial charge in [0.1, 0.15) is 11.4 Å². The van der Waals surface area contributed by atoms with Gasteiger partial charge < -0.3 is 15.7 Å². The van der Waals surface area contributed by atoms with Gasteiger partial charge in [0.05, 0.1) is 0 Å². The van der Waals surface area contributed by atoms with Gasteiger partial charge in [-0.05, 0) is 44.0 Å². The summed E-state index contributed by atoms with van der Waals surface area (Å²) in [7, 11) is 0. The molecule has 0 saturated heterocycles. The maximum absolute atomic E-state index is 11.7. The number of phenolic OH excluding ortho intramolecular Hbond substituents is 1. The number of phenols is 1. The first-order chi connectivity index (χ1) is 10.5. The molecule has 1 atom stereocenters. The number of rotatable bonds is 6. The molecule has 0 radical (unpaired) electrons. The highest BCUT2D eigenvalue weighted by Crippen LogP contribution is 2.28. The molecular formula is C16H22N4O2. The fourth-order valence-electron chi connectivity index (χ4n) is 2.56. The van der Waals surface area contributed by atoms with Crippen molar-refractivity contribution < 1.29 is 9.90 Å². The van der Waals surface area contributed by atoms with Gasteiger partial charge in [-0.15, -0.1) is 0 Å². The molecule has 118 valence electrons. The Bertz CT molecular complexity index is 615. The monoisotopic (exact) mass is 302 g/mol. The third kappa shape index (κ3) is 3.85. The van der Waals surface area contributed by atoms with Crippen LogP contribution in [0.4, 0.5) is 0 Å². The Morgan fingerprint density at radius 3 is 2.77 bits per heavy atom.